The molecule has 0 atom stereocenters. The molecule has 4 rings (SSSR count). The van der Waals surface area contributed by atoms with Gasteiger partial charge >= 0.3 is 5.97 Å². The zero-order valence-electron chi connectivity index (χ0n) is 15.0. The molecule has 6 heteroatoms. The Morgan fingerprint density at radius 1 is 1.00 bits per heavy atom. The average molecular weight is 372 g/mol. The number of methoxy groups -OCH3 is 1. The molecule has 0 unspecified atom stereocenters. The Hall–Kier alpha value is -3.93. The van der Waals surface area contributed by atoms with Crippen LogP contribution in [0.25, 0.3) is 22.4 Å². The van der Waals surface area contributed by atoms with Gasteiger partial charge in [0.15, 0.2) is 5.76 Å². The minimum absolute atomic E-state index is 0.312. The van der Waals surface area contributed by atoms with Gasteiger partial charge in [-0.25, -0.2) is 9.78 Å². The Bertz CT molecular complexity index is 1170. The Balaban J connectivity index is 1.74. The van der Waals surface area contributed by atoms with E-state index in [9.17, 15) is 9.59 Å². The van der Waals surface area contributed by atoms with Gasteiger partial charge in [-0.05, 0) is 42.5 Å². The molecule has 0 spiro atoms. The van der Waals surface area contributed by atoms with Gasteiger partial charge in [-0.15, -0.1) is 0 Å². The summed E-state index contributed by atoms with van der Waals surface area (Å²) < 4.78 is 10.2. The highest BCUT2D eigenvalue weighted by molar-refractivity contribution is 6.13. The first-order chi connectivity index (χ1) is 13.7. The molecule has 2 aromatic carbocycles. The van der Waals surface area contributed by atoms with E-state index in [1.54, 1.807) is 48.7 Å². The zero-order chi connectivity index (χ0) is 19.5. The van der Waals surface area contributed by atoms with E-state index >= 15 is 0 Å². The van der Waals surface area contributed by atoms with Gasteiger partial charge < -0.3 is 14.5 Å². The van der Waals surface area contributed by atoms with E-state index in [2.05, 4.69) is 10.3 Å². The van der Waals surface area contributed by atoms with Crippen molar-refractivity contribution in [3.05, 3.63) is 84.1 Å². The number of carbonyl (C=O) groups excluding carboxylic acids is 2. The average Bonchev–Trinajstić information content (AvgIpc) is 3.27. The number of aromatic nitrogens is 1. The molecular formula is C22H16N2O4. The maximum absolute atomic E-state index is 13.0. The summed E-state index contributed by atoms with van der Waals surface area (Å²) in [7, 11) is 1.31. The molecule has 138 valence electrons. The molecule has 0 radical (unpaired) electrons. The van der Waals surface area contributed by atoms with Gasteiger partial charge in [0.05, 0.1) is 30.0 Å². The third-order valence-electron chi connectivity index (χ3n) is 4.28. The number of anilines is 1. The molecule has 0 aliphatic rings. The smallest absolute Gasteiger partial charge is 0.337 e. The SMILES string of the molecule is COC(=O)c1cccc(NC(=O)c2cc(-c3ccco3)nc3ccccc23)c1. The molecule has 4 aromatic rings. The Kier molecular flexibility index (Phi) is 4.60. The molecule has 6 nitrogen and oxygen atoms in total. The first kappa shape index (κ1) is 17.5. The van der Waals surface area contributed by atoms with Crippen LogP contribution in [0.15, 0.2) is 77.4 Å². The van der Waals surface area contributed by atoms with Gasteiger partial charge in [0.25, 0.3) is 5.91 Å². The number of hydrogen-bond acceptors (Lipinski definition) is 5. The monoisotopic (exact) mass is 372 g/mol. The van der Waals surface area contributed by atoms with Gasteiger partial charge in [-0.1, -0.05) is 24.3 Å². The van der Waals surface area contributed by atoms with Crippen molar-refractivity contribution in [2.45, 2.75) is 0 Å². The number of amides is 1. The molecule has 0 bridgehead atoms. The van der Waals surface area contributed by atoms with Crippen LogP contribution in [0.3, 0.4) is 0 Å². The van der Waals surface area contributed by atoms with E-state index in [4.69, 9.17) is 9.15 Å². The fourth-order valence-electron chi connectivity index (χ4n) is 2.95. The molecular weight excluding hydrogens is 356 g/mol. The summed E-state index contributed by atoms with van der Waals surface area (Å²) in [4.78, 5) is 29.3. The Labute approximate surface area is 160 Å². The van der Waals surface area contributed by atoms with Crippen LogP contribution < -0.4 is 5.32 Å². The number of hydrogen-bond donors (Lipinski definition) is 1. The fraction of sp³-hybridized carbons (Fsp3) is 0.0455. The molecule has 0 saturated heterocycles. The largest absolute Gasteiger partial charge is 0.465 e. The number of pyridine rings is 1. The summed E-state index contributed by atoms with van der Waals surface area (Å²) in [6.45, 7) is 0. The van der Waals surface area contributed by atoms with Crippen molar-refractivity contribution in [1.29, 1.82) is 0 Å². The van der Waals surface area contributed by atoms with Gasteiger partial charge in [0.1, 0.15) is 5.69 Å². The second kappa shape index (κ2) is 7.36. The molecule has 2 aromatic heterocycles. The van der Waals surface area contributed by atoms with Crippen molar-refractivity contribution < 1.29 is 18.7 Å². The van der Waals surface area contributed by atoms with Crippen LogP contribution in [0.4, 0.5) is 5.69 Å². The van der Waals surface area contributed by atoms with E-state index in [0.29, 0.717) is 33.8 Å². The standard InChI is InChI=1S/C22H16N2O4/c1-27-22(26)14-6-4-7-15(12-14)23-21(25)17-13-19(20-10-5-11-28-20)24-18-9-3-2-8-16(17)18/h2-13H,1H3,(H,23,25). The van der Waals surface area contributed by atoms with E-state index < -0.39 is 5.97 Å². The number of esters is 1. The Morgan fingerprint density at radius 2 is 1.86 bits per heavy atom. The molecule has 28 heavy (non-hydrogen) atoms. The molecule has 0 aliphatic heterocycles. The number of carbonyl (C=O) groups is 2. The van der Waals surface area contributed by atoms with Crippen LogP contribution in [-0.2, 0) is 4.74 Å². The maximum atomic E-state index is 13.0. The van der Waals surface area contributed by atoms with Gasteiger partial charge in [0.2, 0.25) is 0 Å². The van der Waals surface area contributed by atoms with E-state index in [1.165, 1.54) is 7.11 Å². The topological polar surface area (TPSA) is 81.4 Å². The summed E-state index contributed by atoms with van der Waals surface area (Å²) in [5, 5.41) is 3.56. The zero-order valence-corrected chi connectivity index (χ0v) is 15.0. The lowest BCUT2D eigenvalue weighted by molar-refractivity contribution is 0.0600. The molecule has 2 heterocycles. The van der Waals surface area contributed by atoms with Crippen LogP contribution in [0.5, 0.6) is 0 Å². The van der Waals surface area contributed by atoms with Crippen molar-refractivity contribution in [2.24, 2.45) is 0 Å². The van der Waals surface area contributed by atoms with Crippen LogP contribution in [-0.4, -0.2) is 24.0 Å². The highest BCUT2D eigenvalue weighted by atomic mass is 16.5. The van der Waals surface area contributed by atoms with Gasteiger partial charge in [0, 0.05) is 11.1 Å². The number of benzene rings is 2. The van der Waals surface area contributed by atoms with Crippen molar-refractivity contribution in [2.75, 3.05) is 12.4 Å². The lowest BCUT2D eigenvalue weighted by Crippen LogP contribution is -2.13. The number of furan rings is 1. The fourth-order valence-corrected chi connectivity index (χ4v) is 2.95. The normalized spacial score (nSPS) is 10.6. The number of nitrogens with zero attached hydrogens (tertiary/aromatic N) is 1. The van der Waals surface area contributed by atoms with Crippen molar-refractivity contribution >= 4 is 28.5 Å². The molecule has 0 fully saturated rings. The predicted octanol–water partition coefficient (Wildman–Crippen LogP) is 4.53. The Morgan fingerprint density at radius 3 is 2.64 bits per heavy atom. The van der Waals surface area contributed by atoms with Crippen molar-refractivity contribution in [3.63, 3.8) is 0 Å². The minimum Gasteiger partial charge on any atom is -0.465 e. The second-order valence-electron chi connectivity index (χ2n) is 6.08. The first-order valence-electron chi connectivity index (χ1n) is 8.59. The number of ether oxygens (including phenoxy) is 1. The van der Waals surface area contributed by atoms with Gasteiger partial charge in [-0.3, -0.25) is 4.79 Å². The summed E-state index contributed by atoms with van der Waals surface area (Å²) in [5.74, 6) is -0.202. The maximum Gasteiger partial charge on any atom is 0.337 e. The van der Waals surface area contributed by atoms with Crippen LogP contribution in [0.1, 0.15) is 20.7 Å². The predicted molar refractivity (Wildman–Crippen MR) is 105 cm³/mol. The van der Waals surface area contributed by atoms with Crippen LogP contribution in [0.2, 0.25) is 0 Å². The van der Waals surface area contributed by atoms with Crippen molar-refractivity contribution in [1.82, 2.24) is 4.98 Å². The lowest BCUT2D eigenvalue weighted by atomic mass is 10.1. The molecule has 1 amide bonds. The lowest BCUT2D eigenvalue weighted by Gasteiger charge is -2.10. The number of nitrogens with one attached hydrogen (secondary N) is 1. The van der Waals surface area contributed by atoms with Crippen LogP contribution >= 0.6 is 0 Å². The first-order valence-corrected chi connectivity index (χ1v) is 8.59. The van der Waals surface area contributed by atoms with Crippen molar-refractivity contribution in [3.8, 4) is 11.5 Å². The molecule has 0 aliphatic carbocycles. The third-order valence-corrected chi connectivity index (χ3v) is 4.28. The van der Waals surface area contributed by atoms with E-state index in [-0.39, 0.29) is 5.91 Å². The summed E-state index contributed by atoms with van der Waals surface area (Å²) in [5.41, 5.74) is 2.56. The second-order valence-corrected chi connectivity index (χ2v) is 6.08. The molecule has 0 saturated carbocycles. The van der Waals surface area contributed by atoms with E-state index in [1.807, 2.05) is 24.3 Å². The van der Waals surface area contributed by atoms with Gasteiger partial charge in [-0.2, -0.15) is 0 Å². The highest BCUT2D eigenvalue weighted by Gasteiger charge is 2.16. The van der Waals surface area contributed by atoms with E-state index in [0.717, 1.165) is 5.39 Å². The summed E-state index contributed by atoms with van der Waals surface area (Å²) >= 11 is 0. The van der Waals surface area contributed by atoms with Crippen LogP contribution in [0, 0.1) is 0 Å². The highest BCUT2D eigenvalue weighted by Crippen LogP contribution is 2.26. The number of fused-ring (bicyclic) bond motifs is 1. The minimum atomic E-state index is -0.467. The summed E-state index contributed by atoms with van der Waals surface area (Å²) in [6, 6.07) is 19.2. The third kappa shape index (κ3) is 3.35. The number of para-hydroxylation sites is 1. The number of rotatable bonds is 4. The quantitative estimate of drug-likeness (QED) is 0.532. The summed E-state index contributed by atoms with van der Waals surface area (Å²) in [6.07, 6.45) is 1.56. The molecule has 1 N–H and O–H groups in total.